The van der Waals surface area contributed by atoms with E-state index in [0.717, 1.165) is 5.56 Å². The molecule has 0 radical (unpaired) electrons. The number of hydrogen-bond acceptors (Lipinski definition) is 3. The summed E-state index contributed by atoms with van der Waals surface area (Å²) in [6, 6.07) is 22.2. The summed E-state index contributed by atoms with van der Waals surface area (Å²) < 4.78 is 0. The number of anilines is 1. The van der Waals surface area contributed by atoms with Gasteiger partial charge in [0.15, 0.2) is 0 Å². The molecule has 3 aromatic rings. The number of carbonyl (C=O) groups is 3. The van der Waals surface area contributed by atoms with Crippen LogP contribution in [0.1, 0.15) is 36.6 Å². The van der Waals surface area contributed by atoms with E-state index in [0.29, 0.717) is 16.8 Å². The smallest absolute Gasteiger partial charge is 0.271 e. The largest absolute Gasteiger partial charge is 0.321 e. The summed E-state index contributed by atoms with van der Waals surface area (Å²) in [5.41, 5.74) is 7.27. The molecule has 0 aromatic heterocycles. The van der Waals surface area contributed by atoms with Crippen LogP contribution in [0.15, 0.2) is 78.9 Å². The van der Waals surface area contributed by atoms with Gasteiger partial charge in [-0.3, -0.25) is 25.2 Å². The van der Waals surface area contributed by atoms with Gasteiger partial charge in [-0.25, -0.2) is 0 Å². The van der Waals surface area contributed by atoms with Gasteiger partial charge in [-0.1, -0.05) is 48.0 Å². The van der Waals surface area contributed by atoms with Crippen molar-refractivity contribution in [3.63, 3.8) is 0 Å². The zero-order chi connectivity index (χ0) is 19.9. The fourth-order valence-electron chi connectivity index (χ4n) is 2.53. The average molecular weight is 373 g/mol. The summed E-state index contributed by atoms with van der Waals surface area (Å²) >= 11 is 0. The van der Waals surface area contributed by atoms with E-state index in [9.17, 15) is 14.4 Å². The zero-order valence-corrected chi connectivity index (χ0v) is 15.2. The molecule has 6 heteroatoms. The monoisotopic (exact) mass is 373 g/mol. The molecule has 3 aromatic carbocycles. The molecule has 0 heterocycles. The molecule has 6 nitrogen and oxygen atoms in total. The van der Waals surface area contributed by atoms with Gasteiger partial charge in [0, 0.05) is 11.1 Å². The Bertz CT molecular complexity index is 999. The molecule has 0 aliphatic carbocycles. The van der Waals surface area contributed by atoms with Crippen molar-refractivity contribution in [1.82, 2.24) is 10.9 Å². The first-order valence-electron chi connectivity index (χ1n) is 8.67. The van der Waals surface area contributed by atoms with Gasteiger partial charge < -0.3 is 5.32 Å². The molecule has 0 bridgehead atoms. The second-order valence-electron chi connectivity index (χ2n) is 6.14. The van der Waals surface area contributed by atoms with Crippen molar-refractivity contribution in [2.75, 3.05) is 5.32 Å². The normalized spacial score (nSPS) is 10.0. The van der Waals surface area contributed by atoms with E-state index in [4.69, 9.17) is 0 Å². The lowest BCUT2D eigenvalue weighted by molar-refractivity contribution is 0.0847. The predicted molar refractivity (Wildman–Crippen MR) is 107 cm³/mol. The third-order valence-corrected chi connectivity index (χ3v) is 4.06. The van der Waals surface area contributed by atoms with Crippen molar-refractivity contribution in [3.8, 4) is 0 Å². The highest BCUT2D eigenvalue weighted by molar-refractivity contribution is 6.09. The molecule has 3 N–H and O–H groups in total. The molecule has 3 rings (SSSR count). The number of amides is 3. The summed E-state index contributed by atoms with van der Waals surface area (Å²) in [6.45, 7) is 1.92. The van der Waals surface area contributed by atoms with E-state index in [1.165, 1.54) is 0 Å². The Morgan fingerprint density at radius 3 is 1.89 bits per heavy atom. The highest BCUT2D eigenvalue weighted by Crippen LogP contribution is 2.16. The SMILES string of the molecule is Cc1ccc(C(=O)NNC(=O)c2ccccc2NC(=O)c2ccccc2)cc1. The van der Waals surface area contributed by atoms with Crippen LogP contribution in [-0.2, 0) is 0 Å². The van der Waals surface area contributed by atoms with E-state index in [1.807, 2.05) is 25.1 Å². The topological polar surface area (TPSA) is 87.3 Å². The van der Waals surface area contributed by atoms with Crippen LogP contribution in [-0.4, -0.2) is 17.7 Å². The van der Waals surface area contributed by atoms with Gasteiger partial charge in [0.2, 0.25) is 0 Å². The van der Waals surface area contributed by atoms with Crippen LogP contribution in [0.4, 0.5) is 5.69 Å². The van der Waals surface area contributed by atoms with Gasteiger partial charge in [-0.05, 0) is 43.3 Å². The predicted octanol–water partition coefficient (Wildman–Crippen LogP) is 3.32. The van der Waals surface area contributed by atoms with Crippen LogP contribution in [0.3, 0.4) is 0 Å². The number of rotatable bonds is 4. The quantitative estimate of drug-likeness (QED) is 0.613. The van der Waals surface area contributed by atoms with Crippen LogP contribution >= 0.6 is 0 Å². The lowest BCUT2D eigenvalue weighted by Gasteiger charge is -2.12. The molecule has 28 heavy (non-hydrogen) atoms. The number of hydrogen-bond donors (Lipinski definition) is 3. The first-order chi connectivity index (χ1) is 13.5. The Balaban J connectivity index is 1.68. The molecule has 0 aliphatic heterocycles. The fraction of sp³-hybridized carbons (Fsp3) is 0.0455. The fourth-order valence-corrected chi connectivity index (χ4v) is 2.53. The first-order valence-corrected chi connectivity index (χ1v) is 8.67. The average Bonchev–Trinajstić information content (AvgIpc) is 2.73. The second kappa shape index (κ2) is 8.64. The summed E-state index contributed by atoms with van der Waals surface area (Å²) in [6.07, 6.45) is 0. The van der Waals surface area contributed by atoms with E-state index in [2.05, 4.69) is 16.2 Å². The summed E-state index contributed by atoms with van der Waals surface area (Å²) in [4.78, 5) is 37.0. The van der Waals surface area contributed by atoms with E-state index < -0.39 is 11.8 Å². The third kappa shape index (κ3) is 4.62. The minimum atomic E-state index is -0.538. The van der Waals surface area contributed by atoms with Gasteiger partial charge in [0.25, 0.3) is 17.7 Å². The van der Waals surface area contributed by atoms with Gasteiger partial charge in [0.1, 0.15) is 0 Å². The maximum Gasteiger partial charge on any atom is 0.271 e. The Morgan fingerprint density at radius 2 is 1.18 bits per heavy atom. The van der Waals surface area contributed by atoms with Crippen molar-refractivity contribution < 1.29 is 14.4 Å². The summed E-state index contributed by atoms with van der Waals surface area (Å²) in [5, 5.41) is 2.72. The van der Waals surface area contributed by atoms with Crippen LogP contribution in [0, 0.1) is 6.92 Å². The van der Waals surface area contributed by atoms with Crippen LogP contribution in [0.5, 0.6) is 0 Å². The van der Waals surface area contributed by atoms with Gasteiger partial charge in [-0.2, -0.15) is 0 Å². The van der Waals surface area contributed by atoms with Crippen molar-refractivity contribution in [3.05, 3.63) is 101 Å². The van der Waals surface area contributed by atoms with Crippen LogP contribution in [0.2, 0.25) is 0 Å². The molecule has 0 aliphatic rings. The highest BCUT2D eigenvalue weighted by Gasteiger charge is 2.15. The molecule has 0 unspecified atom stereocenters. The van der Waals surface area contributed by atoms with Gasteiger partial charge in [-0.15, -0.1) is 0 Å². The molecule has 0 saturated heterocycles. The molecule has 0 saturated carbocycles. The Kier molecular flexibility index (Phi) is 5.81. The maximum atomic E-state index is 12.5. The van der Waals surface area contributed by atoms with Crippen LogP contribution < -0.4 is 16.2 Å². The molecule has 140 valence electrons. The van der Waals surface area contributed by atoms with Gasteiger partial charge in [0.05, 0.1) is 11.3 Å². The maximum absolute atomic E-state index is 12.5. The Hall–Kier alpha value is -3.93. The highest BCUT2D eigenvalue weighted by atomic mass is 16.2. The minimum Gasteiger partial charge on any atom is -0.321 e. The lowest BCUT2D eigenvalue weighted by Crippen LogP contribution is -2.41. The minimum absolute atomic E-state index is 0.232. The third-order valence-electron chi connectivity index (χ3n) is 4.06. The molecule has 0 atom stereocenters. The molecular weight excluding hydrogens is 354 g/mol. The van der Waals surface area contributed by atoms with Crippen molar-refractivity contribution in [1.29, 1.82) is 0 Å². The van der Waals surface area contributed by atoms with Gasteiger partial charge >= 0.3 is 0 Å². The summed E-state index contributed by atoms with van der Waals surface area (Å²) in [7, 11) is 0. The zero-order valence-electron chi connectivity index (χ0n) is 15.2. The number of nitrogens with one attached hydrogen (secondary N) is 3. The van der Waals surface area contributed by atoms with Crippen molar-refractivity contribution in [2.24, 2.45) is 0 Å². The lowest BCUT2D eigenvalue weighted by atomic mass is 10.1. The standard InChI is InChI=1S/C22H19N3O3/c1-15-11-13-17(14-12-15)21(27)24-25-22(28)18-9-5-6-10-19(18)23-20(26)16-7-3-2-4-8-16/h2-14H,1H3,(H,23,26)(H,24,27)(H,25,28). The van der Waals surface area contributed by atoms with Crippen molar-refractivity contribution in [2.45, 2.75) is 6.92 Å². The van der Waals surface area contributed by atoms with E-state index in [-0.39, 0.29) is 11.5 Å². The number of aryl methyl sites for hydroxylation is 1. The second-order valence-corrected chi connectivity index (χ2v) is 6.14. The first kappa shape index (κ1) is 18.8. The molecule has 3 amide bonds. The molecular formula is C22H19N3O3. The molecule has 0 fully saturated rings. The summed E-state index contributed by atoms with van der Waals surface area (Å²) in [5.74, 6) is -1.30. The number of carbonyl (C=O) groups excluding carboxylic acids is 3. The molecule has 0 spiro atoms. The number of benzene rings is 3. The van der Waals surface area contributed by atoms with E-state index in [1.54, 1.807) is 60.7 Å². The number of hydrazine groups is 1. The Labute approximate surface area is 162 Å². The number of para-hydroxylation sites is 1. The Morgan fingerprint density at radius 1 is 0.607 bits per heavy atom. The van der Waals surface area contributed by atoms with Crippen molar-refractivity contribution >= 4 is 23.4 Å². The van der Waals surface area contributed by atoms with E-state index >= 15 is 0 Å². The van der Waals surface area contributed by atoms with Crippen LogP contribution in [0.25, 0.3) is 0 Å².